The van der Waals surface area contributed by atoms with Crippen molar-refractivity contribution < 1.29 is 4.48 Å². The monoisotopic (exact) mass is 310 g/mol. The number of quaternary nitrogens is 1. The maximum Gasteiger partial charge on any atom is 0.0789 e. The molecule has 0 fully saturated rings. The molecule has 1 heteroatoms. The Kier molecular flexibility index (Phi) is 7.35. The molecule has 0 saturated heterocycles. The topological polar surface area (TPSA) is 0 Å². The predicted molar refractivity (Wildman–Crippen MR) is 101 cm³/mol. The van der Waals surface area contributed by atoms with Crippen molar-refractivity contribution in [1.29, 1.82) is 0 Å². The fraction of sp³-hybridized carbons (Fsp3) is 0.455. The molecule has 0 heterocycles. The number of nitrogens with zero attached hydrogens (tertiary/aromatic N) is 1. The first-order chi connectivity index (χ1) is 11.3. The van der Waals surface area contributed by atoms with Crippen molar-refractivity contribution in [2.75, 3.05) is 26.2 Å². The summed E-state index contributed by atoms with van der Waals surface area (Å²) in [7, 11) is 0. The third kappa shape index (κ3) is 5.84. The third-order valence-electron chi connectivity index (χ3n) is 5.22. The molecule has 23 heavy (non-hydrogen) atoms. The van der Waals surface area contributed by atoms with E-state index in [1.54, 1.807) is 0 Å². The van der Waals surface area contributed by atoms with Crippen LogP contribution < -0.4 is 0 Å². The van der Waals surface area contributed by atoms with Crippen molar-refractivity contribution in [3.63, 3.8) is 0 Å². The van der Waals surface area contributed by atoms with Gasteiger partial charge in [-0.25, -0.2) is 0 Å². The van der Waals surface area contributed by atoms with Crippen LogP contribution in [-0.4, -0.2) is 30.7 Å². The lowest BCUT2D eigenvalue weighted by molar-refractivity contribution is -0.925. The number of hydrogen-bond donors (Lipinski definition) is 0. The van der Waals surface area contributed by atoms with Crippen molar-refractivity contribution in [2.24, 2.45) is 0 Å². The van der Waals surface area contributed by atoms with Crippen LogP contribution in [0.2, 0.25) is 0 Å². The van der Waals surface area contributed by atoms with Crippen LogP contribution in [0, 0.1) is 0 Å². The van der Waals surface area contributed by atoms with E-state index in [0.29, 0.717) is 0 Å². The van der Waals surface area contributed by atoms with Gasteiger partial charge in [0.05, 0.1) is 26.2 Å². The fourth-order valence-electron chi connectivity index (χ4n) is 3.49. The normalized spacial score (nSPS) is 11.6. The maximum atomic E-state index is 2.36. The second-order valence-electron chi connectivity index (χ2n) is 6.60. The zero-order chi connectivity index (χ0) is 16.4. The van der Waals surface area contributed by atoms with Crippen molar-refractivity contribution in [2.45, 2.75) is 39.5 Å². The van der Waals surface area contributed by atoms with Crippen molar-refractivity contribution in [1.82, 2.24) is 0 Å². The largest absolute Gasteiger partial charge is 0.324 e. The van der Waals surface area contributed by atoms with Crippen LogP contribution in [0.3, 0.4) is 0 Å². The van der Waals surface area contributed by atoms with Crippen LogP contribution in [-0.2, 0) is 12.8 Å². The van der Waals surface area contributed by atoms with Crippen LogP contribution >= 0.6 is 0 Å². The molecule has 124 valence electrons. The van der Waals surface area contributed by atoms with Gasteiger partial charge in [0, 0.05) is 12.8 Å². The van der Waals surface area contributed by atoms with Gasteiger partial charge in [-0.05, 0) is 37.8 Å². The Morgan fingerprint density at radius 1 is 0.609 bits per heavy atom. The zero-order valence-electron chi connectivity index (χ0n) is 14.9. The molecule has 2 aromatic carbocycles. The fourth-order valence-corrected chi connectivity index (χ4v) is 3.49. The Morgan fingerprint density at radius 3 is 1.35 bits per heavy atom. The van der Waals surface area contributed by atoms with Gasteiger partial charge in [-0.3, -0.25) is 0 Å². The molecular weight excluding hydrogens is 278 g/mol. The third-order valence-corrected chi connectivity index (χ3v) is 5.22. The highest BCUT2D eigenvalue weighted by molar-refractivity contribution is 5.15. The Hall–Kier alpha value is -1.60. The highest BCUT2D eigenvalue weighted by Gasteiger charge is 2.22. The van der Waals surface area contributed by atoms with Crippen LogP contribution in [0.25, 0.3) is 0 Å². The first-order valence-corrected chi connectivity index (χ1v) is 9.21. The highest BCUT2D eigenvalue weighted by Crippen LogP contribution is 2.14. The second kappa shape index (κ2) is 9.52. The molecule has 0 amide bonds. The average molecular weight is 311 g/mol. The molecule has 0 aliphatic heterocycles. The summed E-state index contributed by atoms with van der Waals surface area (Å²) < 4.78 is 1.26. The van der Waals surface area contributed by atoms with E-state index >= 15 is 0 Å². The van der Waals surface area contributed by atoms with E-state index < -0.39 is 0 Å². The Morgan fingerprint density at radius 2 is 1.00 bits per heavy atom. The minimum Gasteiger partial charge on any atom is -0.324 e. The van der Waals surface area contributed by atoms with E-state index in [-0.39, 0.29) is 0 Å². The van der Waals surface area contributed by atoms with E-state index in [1.165, 1.54) is 67.5 Å². The summed E-state index contributed by atoms with van der Waals surface area (Å²) in [5, 5.41) is 0. The molecule has 0 spiro atoms. The lowest BCUT2D eigenvalue weighted by atomic mass is 10.1. The van der Waals surface area contributed by atoms with Crippen LogP contribution in [0.5, 0.6) is 0 Å². The molecular formula is C22H32N+. The number of aryl methyl sites for hydroxylation is 2. The molecule has 0 unspecified atom stereocenters. The van der Waals surface area contributed by atoms with Gasteiger partial charge in [0.25, 0.3) is 0 Å². The number of benzene rings is 2. The summed E-state index contributed by atoms with van der Waals surface area (Å²) in [5.41, 5.74) is 2.95. The van der Waals surface area contributed by atoms with Gasteiger partial charge in [-0.1, -0.05) is 60.7 Å². The summed E-state index contributed by atoms with van der Waals surface area (Å²) in [5.74, 6) is 0. The summed E-state index contributed by atoms with van der Waals surface area (Å²) in [4.78, 5) is 0. The van der Waals surface area contributed by atoms with Crippen molar-refractivity contribution >= 4 is 0 Å². The zero-order valence-corrected chi connectivity index (χ0v) is 14.9. The summed E-state index contributed by atoms with van der Waals surface area (Å²) in [6, 6.07) is 21.8. The summed E-state index contributed by atoms with van der Waals surface area (Å²) >= 11 is 0. The van der Waals surface area contributed by atoms with E-state index in [0.717, 1.165) is 0 Å². The first kappa shape index (κ1) is 17.7. The average Bonchev–Trinajstić information content (AvgIpc) is 2.62. The van der Waals surface area contributed by atoms with Crippen LogP contribution in [0.1, 0.15) is 37.8 Å². The molecule has 0 N–H and O–H groups in total. The van der Waals surface area contributed by atoms with Gasteiger partial charge >= 0.3 is 0 Å². The molecule has 2 rings (SSSR count). The van der Waals surface area contributed by atoms with Gasteiger partial charge < -0.3 is 4.48 Å². The first-order valence-electron chi connectivity index (χ1n) is 9.21. The predicted octanol–water partition coefficient (Wildman–Crippen LogP) is 5.11. The van der Waals surface area contributed by atoms with Gasteiger partial charge in [0.1, 0.15) is 0 Å². The molecule has 0 saturated carbocycles. The van der Waals surface area contributed by atoms with Crippen molar-refractivity contribution in [3.8, 4) is 0 Å². The molecule has 0 aromatic heterocycles. The smallest absolute Gasteiger partial charge is 0.0789 e. The SMILES string of the molecule is CC[N+](CC)(CCCc1ccccc1)CCCc1ccccc1. The molecule has 0 aliphatic rings. The van der Waals surface area contributed by atoms with Gasteiger partial charge in [-0.15, -0.1) is 0 Å². The van der Waals surface area contributed by atoms with E-state index in [4.69, 9.17) is 0 Å². The summed E-state index contributed by atoms with van der Waals surface area (Å²) in [6.45, 7) is 9.82. The van der Waals surface area contributed by atoms with Gasteiger partial charge in [0.15, 0.2) is 0 Å². The number of hydrogen-bond acceptors (Lipinski definition) is 0. The quantitative estimate of drug-likeness (QED) is 0.535. The molecule has 0 radical (unpaired) electrons. The molecule has 1 nitrogen and oxygen atoms in total. The Bertz CT molecular complexity index is 481. The lowest BCUT2D eigenvalue weighted by Crippen LogP contribution is -2.49. The number of rotatable bonds is 10. The lowest BCUT2D eigenvalue weighted by Gasteiger charge is -2.37. The Labute approximate surface area is 142 Å². The van der Waals surface area contributed by atoms with Crippen molar-refractivity contribution in [3.05, 3.63) is 71.8 Å². The second-order valence-corrected chi connectivity index (χ2v) is 6.60. The van der Waals surface area contributed by atoms with Gasteiger partial charge in [0.2, 0.25) is 0 Å². The molecule has 0 aliphatic carbocycles. The van der Waals surface area contributed by atoms with Crippen LogP contribution in [0.4, 0.5) is 0 Å². The van der Waals surface area contributed by atoms with Gasteiger partial charge in [-0.2, -0.15) is 0 Å². The summed E-state index contributed by atoms with van der Waals surface area (Å²) in [6.07, 6.45) is 4.99. The minimum atomic E-state index is 1.21. The van der Waals surface area contributed by atoms with E-state index in [1.807, 2.05) is 0 Å². The van der Waals surface area contributed by atoms with Crippen LogP contribution in [0.15, 0.2) is 60.7 Å². The Balaban J connectivity index is 1.80. The minimum absolute atomic E-state index is 1.21. The maximum absolute atomic E-state index is 2.36. The highest BCUT2D eigenvalue weighted by atomic mass is 15.3. The van der Waals surface area contributed by atoms with E-state index in [9.17, 15) is 0 Å². The standard InChI is InChI=1S/C22H32N/c1-3-23(4-2,19-11-17-21-13-7-5-8-14-21)20-12-18-22-15-9-6-10-16-22/h5-10,13-16H,3-4,11-12,17-20H2,1-2H3/q+1. The van der Waals surface area contributed by atoms with E-state index in [2.05, 4.69) is 74.5 Å². The molecule has 0 atom stereocenters. The molecule has 0 bridgehead atoms. The molecule has 2 aromatic rings.